The number of fused-ring (bicyclic) bond motifs is 5. The van der Waals surface area contributed by atoms with Gasteiger partial charge < -0.3 is 5.11 Å². The summed E-state index contributed by atoms with van der Waals surface area (Å²) in [5.41, 5.74) is 5.85. The van der Waals surface area contributed by atoms with Crippen LogP contribution < -0.4 is 0 Å². The van der Waals surface area contributed by atoms with E-state index in [1.807, 2.05) is 4.68 Å². The van der Waals surface area contributed by atoms with E-state index < -0.39 is 0 Å². The van der Waals surface area contributed by atoms with Crippen molar-refractivity contribution in [2.24, 2.45) is 28.6 Å². The van der Waals surface area contributed by atoms with Crippen LogP contribution in [0.2, 0.25) is 0 Å². The lowest BCUT2D eigenvalue weighted by Crippen LogP contribution is -2.50. The molecule has 4 heteroatoms. The number of hydrogen-bond donors (Lipinski definition) is 1. The number of carbonyl (C=O) groups is 1. The Hall–Kier alpha value is -1.68. The lowest BCUT2D eigenvalue weighted by molar-refractivity contribution is -0.130. The number of aliphatic hydroxyl groups is 1. The molecule has 168 valence electrons. The van der Waals surface area contributed by atoms with Crippen LogP contribution in [-0.4, -0.2) is 26.8 Å². The van der Waals surface area contributed by atoms with Gasteiger partial charge in [0.05, 0.1) is 11.8 Å². The summed E-state index contributed by atoms with van der Waals surface area (Å²) >= 11 is 0. The molecule has 1 aromatic heterocycles. The van der Waals surface area contributed by atoms with Gasteiger partial charge in [0.25, 0.3) is 0 Å². The van der Waals surface area contributed by atoms with Gasteiger partial charge in [-0.15, -0.1) is 0 Å². The Morgan fingerprint density at radius 3 is 2.61 bits per heavy atom. The topological polar surface area (TPSA) is 55.1 Å². The van der Waals surface area contributed by atoms with E-state index in [9.17, 15) is 9.90 Å². The van der Waals surface area contributed by atoms with E-state index in [2.05, 4.69) is 51.9 Å². The van der Waals surface area contributed by atoms with Gasteiger partial charge in [-0.25, -0.2) is 0 Å². The average molecular weight is 423 g/mol. The molecule has 1 aromatic rings. The van der Waals surface area contributed by atoms with Gasteiger partial charge in [0.15, 0.2) is 5.78 Å². The molecule has 0 aromatic carbocycles. The number of ketones is 1. The third-order valence-electron chi connectivity index (χ3n) is 9.77. The SMILES string of the molecule is CCn1nc(C)c(/C=C2/C[C@@H]3[C@H]4CC=C5C[C@H](O)CC[C@]5(C)[C@@H]4CC[C@]3(C)C2=O)c1C. The fraction of sp³-hybridized carbons (Fsp3) is 0.704. The average Bonchev–Trinajstić information content (AvgIpc) is 3.16. The third-order valence-corrected chi connectivity index (χ3v) is 9.77. The molecule has 0 aliphatic heterocycles. The van der Waals surface area contributed by atoms with Crippen molar-refractivity contribution >= 4 is 11.9 Å². The highest BCUT2D eigenvalue weighted by Gasteiger charge is 2.59. The molecule has 6 atom stereocenters. The lowest BCUT2D eigenvalue weighted by Gasteiger charge is -2.56. The van der Waals surface area contributed by atoms with Crippen molar-refractivity contribution in [1.29, 1.82) is 0 Å². The molecule has 31 heavy (non-hydrogen) atoms. The Morgan fingerprint density at radius 2 is 1.90 bits per heavy atom. The molecule has 1 heterocycles. The first-order valence-corrected chi connectivity index (χ1v) is 12.4. The van der Waals surface area contributed by atoms with Gasteiger partial charge in [-0.2, -0.15) is 5.10 Å². The second-order valence-electron chi connectivity index (χ2n) is 11.2. The van der Waals surface area contributed by atoms with Crippen LogP contribution in [0.4, 0.5) is 0 Å². The van der Waals surface area contributed by atoms with E-state index in [-0.39, 0.29) is 16.9 Å². The maximum atomic E-state index is 13.7. The van der Waals surface area contributed by atoms with Crippen molar-refractivity contribution in [3.8, 4) is 0 Å². The van der Waals surface area contributed by atoms with Crippen molar-refractivity contribution in [3.63, 3.8) is 0 Å². The number of Topliss-reactive ketones (excluding diaryl/α,β-unsaturated/α-hetero) is 1. The highest BCUT2D eigenvalue weighted by atomic mass is 16.3. The zero-order chi connectivity index (χ0) is 22.1. The highest BCUT2D eigenvalue weighted by molar-refractivity contribution is 6.06. The molecule has 0 unspecified atom stereocenters. The van der Waals surface area contributed by atoms with Crippen molar-refractivity contribution in [1.82, 2.24) is 9.78 Å². The predicted octanol–water partition coefficient (Wildman–Crippen LogP) is 5.41. The maximum Gasteiger partial charge on any atom is 0.165 e. The first-order chi connectivity index (χ1) is 14.7. The van der Waals surface area contributed by atoms with Gasteiger partial charge in [-0.1, -0.05) is 25.5 Å². The standard InChI is InChI=1S/C27H38N2O2/c1-6-29-17(3)22(16(2)28-29)13-18-14-24-21-8-7-19-15-20(30)9-11-26(19,4)23(21)10-12-27(24,5)25(18)31/h7,13,20-21,23-24,30H,6,8-12,14-15H2,1-5H3/b18-13-/t20-,21+,23-,24-,26+,27+/m1/s1. The molecule has 3 saturated carbocycles. The smallest absolute Gasteiger partial charge is 0.165 e. The summed E-state index contributed by atoms with van der Waals surface area (Å²) in [7, 11) is 0. The monoisotopic (exact) mass is 422 g/mol. The summed E-state index contributed by atoms with van der Waals surface area (Å²) in [6.07, 6.45) is 11.5. The fourth-order valence-electron chi connectivity index (χ4n) is 7.84. The third kappa shape index (κ3) is 2.97. The number of nitrogens with zero attached hydrogens (tertiary/aromatic N) is 2. The summed E-state index contributed by atoms with van der Waals surface area (Å²) < 4.78 is 2.04. The summed E-state index contributed by atoms with van der Waals surface area (Å²) in [6.45, 7) is 11.8. The second kappa shape index (κ2) is 7.16. The van der Waals surface area contributed by atoms with Gasteiger partial charge in [0, 0.05) is 23.2 Å². The van der Waals surface area contributed by atoms with Gasteiger partial charge in [-0.05, 0) is 101 Å². The van der Waals surface area contributed by atoms with Crippen LogP contribution >= 0.6 is 0 Å². The Balaban J connectivity index is 1.49. The van der Waals surface area contributed by atoms with E-state index >= 15 is 0 Å². The molecule has 1 N–H and O–H groups in total. The Bertz CT molecular complexity index is 986. The van der Waals surface area contributed by atoms with Crippen molar-refractivity contribution in [2.45, 2.75) is 92.2 Å². The maximum absolute atomic E-state index is 13.7. The van der Waals surface area contributed by atoms with Crippen LogP contribution in [0, 0.1) is 42.4 Å². The molecule has 5 rings (SSSR count). The number of aryl methyl sites for hydroxylation is 2. The summed E-state index contributed by atoms with van der Waals surface area (Å²) in [4.78, 5) is 13.7. The first-order valence-electron chi connectivity index (χ1n) is 12.4. The van der Waals surface area contributed by atoms with E-state index in [4.69, 9.17) is 0 Å². The molecule has 0 amide bonds. The number of carbonyl (C=O) groups excluding carboxylic acids is 1. The first kappa shape index (κ1) is 21.2. The number of hydrogen-bond acceptors (Lipinski definition) is 3. The molecule has 0 spiro atoms. The molecule has 0 saturated heterocycles. The molecular weight excluding hydrogens is 384 g/mol. The van der Waals surface area contributed by atoms with E-state index in [1.54, 1.807) is 0 Å². The Morgan fingerprint density at radius 1 is 1.16 bits per heavy atom. The number of aromatic nitrogens is 2. The van der Waals surface area contributed by atoms with Crippen LogP contribution in [0.3, 0.4) is 0 Å². The van der Waals surface area contributed by atoms with Crippen molar-refractivity contribution in [3.05, 3.63) is 34.2 Å². The summed E-state index contributed by atoms with van der Waals surface area (Å²) in [5.74, 6) is 2.06. The molecule has 4 aliphatic carbocycles. The normalized spacial score (nSPS) is 41.0. The van der Waals surface area contributed by atoms with E-state index in [0.717, 1.165) is 74.0 Å². The molecule has 3 fully saturated rings. The second-order valence-corrected chi connectivity index (χ2v) is 11.2. The van der Waals surface area contributed by atoms with Crippen LogP contribution in [0.5, 0.6) is 0 Å². The number of aliphatic hydroxyl groups excluding tert-OH is 1. The van der Waals surface area contributed by atoms with E-state index in [0.29, 0.717) is 23.5 Å². The quantitative estimate of drug-likeness (QED) is 0.512. The minimum absolute atomic E-state index is 0.164. The zero-order valence-electron chi connectivity index (χ0n) is 19.9. The largest absolute Gasteiger partial charge is 0.393 e. The Labute approximate surface area is 186 Å². The molecule has 0 radical (unpaired) electrons. The predicted molar refractivity (Wildman–Crippen MR) is 123 cm³/mol. The van der Waals surface area contributed by atoms with Crippen molar-refractivity contribution in [2.75, 3.05) is 0 Å². The number of rotatable bonds is 2. The fourth-order valence-corrected chi connectivity index (χ4v) is 7.84. The van der Waals surface area contributed by atoms with Crippen molar-refractivity contribution < 1.29 is 9.90 Å². The van der Waals surface area contributed by atoms with Gasteiger partial charge in [0.1, 0.15) is 0 Å². The molecular formula is C27H38N2O2. The van der Waals surface area contributed by atoms with E-state index in [1.165, 1.54) is 5.57 Å². The summed E-state index contributed by atoms with van der Waals surface area (Å²) in [5, 5.41) is 14.9. The van der Waals surface area contributed by atoms with Crippen LogP contribution in [-0.2, 0) is 11.3 Å². The molecule has 4 nitrogen and oxygen atoms in total. The Kier molecular flexibility index (Phi) is 4.89. The van der Waals surface area contributed by atoms with Crippen LogP contribution in [0.25, 0.3) is 6.08 Å². The lowest BCUT2D eigenvalue weighted by atomic mass is 9.48. The van der Waals surface area contributed by atoms with Gasteiger partial charge in [0.2, 0.25) is 0 Å². The minimum Gasteiger partial charge on any atom is -0.393 e. The summed E-state index contributed by atoms with van der Waals surface area (Å²) in [6, 6.07) is 0. The minimum atomic E-state index is -0.217. The van der Waals surface area contributed by atoms with Gasteiger partial charge >= 0.3 is 0 Å². The van der Waals surface area contributed by atoms with Gasteiger partial charge in [-0.3, -0.25) is 9.48 Å². The molecule has 0 bridgehead atoms. The number of allylic oxidation sites excluding steroid dienone is 2. The molecule has 4 aliphatic rings. The van der Waals surface area contributed by atoms with Crippen LogP contribution in [0.1, 0.15) is 82.7 Å². The highest BCUT2D eigenvalue weighted by Crippen LogP contribution is 2.64. The zero-order valence-corrected chi connectivity index (χ0v) is 19.9. The van der Waals surface area contributed by atoms with Crippen LogP contribution in [0.15, 0.2) is 17.2 Å².